The summed E-state index contributed by atoms with van der Waals surface area (Å²) in [5, 5.41) is 1.97. The number of nitrogens with zero attached hydrogens (tertiary/aromatic N) is 1. The number of thiophene rings is 1. The number of hydrogen-bond acceptors (Lipinski definition) is 4. The fourth-order valence-electron chi connectivity index (χ4n) is 2.66. The van der Waals surface area contributed by atoms with Crippen LogP contribution < -0.4 is 0 Å². The molecule has 0 bridgehead atoms. The summed E-state index contributed by atoms with van der Waals surface area (Å²) in [5.74, 6) is 0.288. The third kappa shape index (κ3) is 5.00. The number of likely N-dealkylation sites (tertiary alicyclic amines) is 1. The summed E-state index contributed by atoms with van der Waals surface area (Å²) in [7, 11) is 0. The lowest BCUT2D eigenvalue weighted by Crippen LogP contribution is -2.40. The molecule has 0 aromatic carbocycles. The molecule has 0 saturated carbocycles. The number of Topliss-reactive ketones (excluding diaryl/α,β-unsaturated/α-hetero) is 1. The van der Waals surface area contributed by atoms with Crippen LogP contribution in [0.3, 0.4) is 0 Å². The molecule has 1 aliphatic heterocycles. The summed E-state index contributed by atoms with van der Waals surface area (Å²) in [6, 6.07) is 3.86. The van der Waals surface area contributed by atoms with Crippen molar-refractivity contribution in [2.45, 2.75) is 45.1 Å². The fraction of sp³-hybridized carbons (Fsp3) is 0.688. The van der Waals surface area contributed by atoms with E-state index in [1.807, 2.05) is 17.5 Å². The van der Waals surface area contributed by atoms with E-state index in [2.05, 4.69) is 11.8 Å². The van der Waals surface area contributed by atoms with E-state index in [1.54, 1.807) is 11.3 Å². The third-order valence-electron chi connectivity index (χ3n) is 3.69. The Morgan fingerprint density at radius 3 is 3.20 bits per heavy atom. The molecule has 1 saturated heterocycles. The molecular weight excluding hydrogens is 270 g/mol. The Kier molecular flexibility index (Phi) is 6.70. The minimum Gasteiger partial charge on any atom is -0.377 e. The number of ketones is 1. The van der Waals surface area contributed by atoms with Crippen LogP contribution in [-0.4, -0.2) is 43.0 Å². The first-order valence-corrected chi connectivity index (χ1v) is 8.58. The Morgan fingerprint density at radius 1 is 1.55 bits per heavy atom. The normalized spacial score (nSPS) is 20.1. The van der Waals surface area contributed by atoms with Gasteiger partial charge in [-0.05, 0) is 50.2 Å². The van der Waals surface area contributed by atoms with Crippen LogP contribution in [0.1, 0.15) is 48.7 Å². The third-order valence-corrected chi connectivity index (χ3v) is 4.61. The molecule has 0 radical (unpaired) electrons. The number of rotatable bonds is 8. The SMILES string of the molecule is CCCOC1CCCN(CCCC(=O)c2cccs2)C1. The van der Waals surface area contributed by atoms with E-state index in [0.29, 0.717) is 12.5 Å². The van der Waals surface area contributed by atoms with Gasteiger partial charge in [0, 0.05) is 19.6 Å². The number of ether oxygens (including phenoxy) is 1. The van der Waals surface area contributed by atoms with Crippen LogP contribution in [0.25, 0.3) is 0 Å². The molecule has 2 heterocycles. The van der Waals surface area contributed by atoms with Crippen LogP contribution in [0.15, 0.2) is 17.5 Å². The predicted molar refractivity (Wildman–Crippen MR) is 83.6 cm³/mol. The van der Waals surface area contributed by atoms with E-state index in [1.165, 1.54) is 12.8 Å². The van der Waals surface area contributed by atoms with Crippen molar-refractivity contribution in [2.75, 3.05) is 26.2 Å². The molecule has 0 aliphatic carbocycles. The van der Waals surface area contributed by atoms with E-state index in [0.717, 1.165) is 44.0 Å². The van der Waals surface area contributed by atoms with Gasteiger partial charge in [0.1, 0.15) is 0 Å². The van der Waals surface area contributed by atoms with Crippen LogP contribution in [0.5, 0.6) is 0 Å². The van der Waals surface area contributed by atoms with Gasteiger partial charge in [0.2, 0.25) is 0 Å². The molecule has 0 spiro atoms. The van der Waals surface area contributed by atoms with Gasteiger partial charge in [-0.15, -0.1) is 11.3 Å². The zero-order chi connectivity index (χ0) is 14.2. The maximum atomic E-state index is 11.9. The second kappa shape index (κ2) is 8.55. The Labute approximate surface area is 125 Å². The number of carbonyl (C=O) groups excluding carboxylic acids is 1. The maximum Gasteiger partial charge on any atom is 0.172 e. The molecule has 112 valence electrons. The quantitative estimate of drug-likeness (QED) is 0.686. The number of hydrogen-bond donors (Lipinski definition) is 0. The zero-order valence-corrected chi connectivity index (χ0v) is 13.2. The average Bonchev–Trinajstić information content (AvgIpc) is 3.00. The Bertz CT molecular complexity index is 391. The maximum absolute atomic E-state index is 11.9. The van der Waals surface area contributed by atoms with E-state index < -0.39 is 0 Å². The molecule has 0 amide bonds. The van der Waals surface area contributed by atoms with Crippen molar-refractivity contribution >= 4 is 17.1 Å². The Morgan fingerprint density at radius 2 is 2.45 bits per heavy atom. The highest BCUT2D eigenvalue weighted by Crippen LogP contribution is 2.16. The van der Waals surface area contributed by atoms with Crippen molar-refractivity contribution in [2.24, 2.45) is 0 Å². The molecule has 1 fully saturated rings. The average molecular weight is 295 g/mol. The second-order valence-corrected chi connectivity index (χ2v) is 6.39. The summed E-state index contributed by atoms with van der Waals surface area (Å²) < 4.78 is 5.84. The molecule has 1 aromatic rings. The van der Waals surface area contributed by atoms with Crippen molar-refractivity contribution < 1.29 is 9.53 Å². The molecule has 0 N–H and O–H groups in total. The lowest BCUT2D eigenvalue weighted by molar-refractivity contribution is -0.000236. The second-order valence-electron chi connectivity index (χ2n) is 5.44. The van der Waals surface area contributed by atoms with Crippen LogP contribution in [0.4, 0.5) is 0 Å². The van der Waals surface area contributed by atoms with Gasteiger partial charge in [-0.2, -0.15) is 0 Å². The highest BCUT2D eigenvalue weighted by molar-refractivity contribution is 7.12. The molecule has 3 nitrogen and oxygen atoms in total. The topological polar surface area (TPSA) is 29.5 Å². The van der Waals surface area contributed by atoms with Crippen molar-refractivity contribution in [3.05, 3.63) is 22.4 Å². The molecule has 1 aliphatic rings. The van der Waals surface area contributed by atoms with Crippen molar-refractivity contribution in [3.8, 4) is 0 Å². The van der Waals surface area contributed by atoms with Crippen LogP contribution in [0, 0.1) is 0 Å². The minimum atomic E-state index is 0.288. The van der Waals surface area contributed by atoms with Crippen molar-refractivity contribution in [1.29, 1.82) is 0 Å². The molecule has 1 atom stereocenters. The fourth-order valence-corrected chi connectivity index (χ4v) is 3.35. The first-order valence-electron chi connectivity index (χ1n) is 7.70. The van der Waals surface area contributed by atoms with Gasteiger partial charge in [0.25, 0.3) is 0 Å². The predicted octanol–water partition coefficient (Wildman–Crippen LogP) is 3.60. The van der Waals surface area contributed by atoms with E-state index in [-0.39, 0.29) is 5.78 Å². The zero-order valence-electron chi connectivity index (χ0n) is 12.3. The standard InChI is InChI=1S/C16H25NO2S/c1-2-11-19-14-6-3-9-17(13-14)10-4-7-15(18)16-8-5-12-20-16/h5,8,12,14H,2-4,6-7,9-11,13H2,1H3. The van der Waals surface area contributed by atoms with Crippen LogP contribution in [0.2, 0.25) is 0 Å². The van der Waals surface area contributed by atoms with E-state index >= 15 is 0 Å². The smallest absolute Gasteiger partial charge is 0.172 e. The first kappa shape index (κ1) is 15.7. The van der Waals surface area contributed by atoms with E-state index in [4.69, 9.17) is 4.74 Å². The van der Waals surface area contributed by atoms with Crippen LogP contribution >= 0.6 is 11.3 Å². The van der Waals surface area contributed by atoms with E-state index in [9.17, 15) is 4.79 Å². The van der Waals surface area contributed by atoms with Gasteiger partial charge in [-0.1, -0.05) is 13.0 Å². The molecule has 4 heteroatoms. The Balaban J connectivity index is 1.65. The van der Waals surface area contributed by atoms with Gasteiger partial charge < -0.3 is 9.64 Å². The van der Waals surface area contributed by atoms with Crippen LogP contribution in [-0.2, 0) is 4.74 Å². The molecular formula is C16H25NO2S. The molecule has 1 aromatic heterocycles. The van der Waals surface area contributed by atoms with Crippen molar-refractivity contribution in [1.82, 2.24) is 4.90 Å². The van der Waals surface area contributed by atoms with Gasteiger partial charge >= 0.3 is 0 Å². The number of carbonyl (C=O) groups is 1. The summed E-state index contributed by atoms with van der Waals surface area (Å²) in [5.41, 5.74) is 0. The first-order chi connectivity index (χ1) is 9.79. The highest BCUT2D eigenvalue weighted by atomic mass is 32.1. The molecule has 2 rings (SSSR count). The van der Waals surface area contributed by atoms with Gasteiger partial charge in [-0.25, -0.2) is 0 Å². The van der Waals surface area contributed by atoms with Gasteiger partial charge in [0.15, 0.2) is 5.78 Å². The lowest BCUT2D eigenvalue weighted by Gasteiger charge is -2.32. The van der Waals surface area contributed by atoms with Crippen molar-refractivity contribution in [3.63, 3.8) is 0 Å². The molecule has 1 unspecified atom stereocenters. The summed E-state index contributed by atoms with van der Waals surface area (Å²) >= 11 is 1.54. The summed E-state index contributed by atoms with van der Waals surface area (Å²) in [4.78, 5) is 15.3. The number of piperidine rings is 1. The minimum absolute atomic E-state index is 0.288. The summed E-state index contributed by atoms with van der Waals surface area (Å²) in [6.45, 7) is 6.22. The molecule has 20 heavy (non-hydrogen) atoms. The monoisotopic (exact) mass is 295 g/mol. The lowest BCUT2D eigenvalue weighted by atomic mass is 10.1. The van der Waals surface area contributed by atoms with Gasteiger partial charge in [0.05, 0.1) is 11.0 Å². The van der Waals surface area contributed by atoms with Gasteiger partial charge in [-0.3, -0.25) is 4.79 Å². The highest BCUT2D eigenvalue weighted by Gasteiger charge is 2.20. The summed E-state index contributed by atoms with van der Waals surface area (Å²) in [6.07, 6.45) is 5.51. The largest absolute Gasteiger partial charge is 0.377 e. The Hall–Kier alpha value is -0.710.